The van der Waals surface area contributed by atoms with Crippen LogP contribution in [0.5, 0.6) is 5.75 Å². The minimum atomic E-state index is -0.119. The Morgan fingerprint density at radius 1 is 0.972 bits per heavy atom. The van der Waals surface area contributed by atoms with Crippen molar-refractivity contribution in [3.8, 4) is 28.1 Å². The smallest absolute Gasteiger partial charge is 0.230 e. The Morgan fingerprint density at radius 3 is 2.36 bits per heavy atom. The Kier molecular flexibility index (Phi) is 6.82. The molecule has 0 saturated heterocycles. The van der Waals surface area contributed by atoms with Gasteiger partial charge in [0.25, 0.3) is 0 Å². The van der Waals surface area contributed by atoms with E-state index in [1.807, 2.05) is 41.1 Å². The number of hydrogen-bond acceptors (Lipinski definition) is 5. The number of pyridine rings is 1. The average molecular weight is 483 g/mol. The van der Waals surface area contributed by atoms with Crippen molar-refractivity contribution in [3.63, 3.8) is 0 Å². The Morgan fingerprint density at radius 2 is 1.69 bits per heavy atom. The molecular formula is C29H30N4O3. The number of aromatic nitrogens is 3. The summed E-state index contributed by atoms with van der Waals surface area (Å²) in [5.74, 6) is 1.97. The molecule has 2 aromatic carbocycles. The van der Waals surface area contributed by atoms with Crippen LogP contribution < -0.4 is 9.64 Å². The number of anilines is 1. The van der Waals surface area contributed by atoms with Gasteiger partial charge in [0.1, 0.15) is 23.9 Å². The fourth-order valence-electron chi connectivity index (χ4n) is 4.53. The lowest BCUT2D eigenvalue weighted by Gasteiger charge is -2.28. The van der Waals surface area contributed by atoms with Gasteiger partial charge in [0, 0.05) is 24.4 Å². The molecule has 0 unspecified atom stereocenters. The van der Waals surface area contributed by atoms with E-state index >= 15 is 0 Å². The molecule has 0 saturated carbocycles. The third-order valence-electron chi connectivity index (χ3n) is 6.49. The maximum absolute atomic E-state index is 12.8. The summed E-state index contributed by atoms with van der Waals surface area (Å²) >= 11 is 0. The van der Waals surface area contributed by atoms with Crippen LogP contribution in [0.3, 0.4) is 0 Å². The molecule has 0 atom stereocenters. The minimum Gasteiger partial charge on any atom is -0.489 e. The molecule has 1 aliphatic rings. The van der Waals surface area contributed by atoms with Gasteiger partial charge >= 0.3 is 0 Å². The van der Waals surface area contributed by atoms with Crippen molar-refractivity contribution in [1.82, 2.24) is 14.8 Å². The number of amides is 1. The maximum Gasteiger partial charge on any atom is 0.230 e. The normalized spacial score (nSPS) is 13.2. The fourth-order valence-corrected chi connectivity index (χ4v) is 4.53. The molecule has 0 bridgehead atoms. The zero-order valence-corrected chi connectivity index (χ0v) is 20.6. The summed E-state index contributed by atoms with van der Waals surface area (Å²) in [5.41, 5.74) is 5.92. The number of hydrogen-bond donors (Lipinski definition) is 1. The van der Waals surface area contributed by atoms with Crippen molar-refractivity contribution in [1.29, 1.82) is 0 Å². The molecule has 0 radical (unpaired) electrons. The Hall–Kier alpha value is -3.97. The summed E-state index contributed by atoms with van der Waals surface area (Å²) < 4.78 is 7.91. The quantitative estimate of drug-likeness (QED) is 0.380. The molecule has 7 nitrogen and oxygen atoms in total. The number of carbonyl (C=O) groups excluding carboxylic acids is 1. The van der Waals surface area contributed by atoms with Gasteiger partial charge < -0.3 is 9.84 Å². The van der Waals surface area contributed by atoms with E-state index in [9.17, 15) is 9.90 Å². The Balaban J connectivity index is 1.46. The standard InChI is InChI=1S/C29H30N4O3/c1-20(2)22-5-3-21(4-6-22)19-36-25-9-7-23(8-10-25)27-28(24-11-14-30-15-12-24)31-33-16-13-26(35)32(17-18-34)29(27)33/h3-12,14-15,20,34H,13,16-19H2,1-2H3. The van der Waals surface area contributed by atoms with Gasteiger partial charge in [-0.15, -0.1) is 0 Å². The second-order valence-electron chi connectivity index (χ2n) is 9.23. The molecule has 4 aromatic rings. The molecule has 7 heteroatoms. The van der Waals surface area contributed by atoms with Crippen LogP contribution in [0.15, 0.2) is 73.1 Å². The number of aryl methyl sites for hydroxylation is 1. The van der Waals surface area contributed by atoms with E-state index in [0.717, 1.165) is 33.7 Å². The van der Waals surface area contributed by atoms with Gasteiger partial charge in [0.05, 0.1) is 25.3 Å². The number of carbonyl (C=O) groups is 1. The molecule has 3 heterocycles. The minimum absolute atomic E-state index is 0.0117. The molecule has 5 rings (SSSR count). The molecule has 2 aromatic heterocycles. The van der Waals surface area contributed by atoms with E-state index in [1.165, 1.54) is 5.56 Å². The van der Waals surface area contributed by atoms with Crippen molar-refractivity contribution < 1.29 is 14.6 Å². The summed E-state index contributed by atoms with van der Waals surface area (Å²) in [6, 6.07) is 20.2. The monoisotopic (exact) mass is 482 g/mol. The summed E-state index contributed by atoms with van der Waals surface area (Å²) in [5, 5.41) is 14.5. The lowest BCUT2D eigenvalue weighted by Crippen LogP contribution is -2.39. The number of aliphatic hydroxyl groups is 1. The highest BCUT2D eigenvalue weighted by molar-refractivity contribution is 6.01. The predicted molar refractivity (Wildman–Crippen MR) is 140 cm³/mol. The average Bonchev–Trinajstić information content (AvgIpc) is 3.30. The van der Waals surface area contributed by atoms with E-state index < -0.39 is 0 Å². The van der Waals surface area contributed by atoms with E-state index in [-0.39, 0.29) is 19.1 Å². The van der Waals surface area contributed by atoms with Crippen LogP contribution in [0, 0.1) is 0 Å². The first-order valence-corrected chi connectivity index (χ1v) is 12.3. The van der Waals surface area contributed by atoms with Crippen LogP contribution in [0.25, 0.3) is 22.4 Å². The predicted octanol–water partition coefficient (Wildman–Crippen LogP) is 5.04. The zero-order chi connectivity index (χ0) is 25.1. The fraction of sp³-hybridized carbons (Fsp3) is 0.276. The number of benzene rings is 2. The molecule has 184 valence electrons. The molecule has 0 spiro atoms. The summed E-state index contributed by atoms with van der Waals surface area (Å²) in [7, 11) is 0. The third kappa shape index (κ3) is 4.75. The van der Waals surface area contributed by atoms with Crippen molar-refractivity contribution in [2.45, 2.75) is 39.3 Å². The molecule has 0 fully saturated rings. The largest absolute Gasteiger partial charge is 0.489 e. The van der Waals surface area contributed by atoms with Crippen LogP contribution in [-0.4, -0.2) is 38.9 Å². The third-order valence-corrected chi connectivity index (χ3v) is 6.49. The topological polar surface area (TPSA) is 80.5 Å². The van der Waals surface area contributed by atoms with Gasteiger partial charge in [0.2, 0.25) is 5.91 Å². The number of nitrogens with zero attached hydrogens (tertiary/aromatic N) is 4. The number of ether oxygens (including phenoxy) is 1. The number of aliphatic hydroxyl groups excluding tert-OH is 1. The number of rotatable bonds is 8. The van der Waals surface area contributed by atoms with Crippen LogP contribution >= 0.6 is 0 Å². The molecule has 0 aliphatic carbocycles. The van der Waals surface area contributed by atoms with Gasteiger partial charge in [-0.3, -0.25) is 14.7 Å². The van der Waals surface area contributed by atoms with E-state index in [4.69, 9.17) is 9.84 Å². The molecule has 1 aliphatic heterocycles. The summed E-state index contributed by atoms with van der Waals surface area (Å²) in [6.07, 6.45) is 3.83. The molecule has 36 heavy (non-hydrogen) atoms. The lowest BCUT2D eigenvalue weighted by molar-refractivity contribution is -0.119. The number of fused-ring (bicyclic) bond motifs is 1. The second kappa shape index (κ2) is 10.3. The SMILES string of the molecule is CC(C)c1ccc(COc2ccc(-c3c(-c4ccncc4)nn4c3N(CCO)C(=O)CC4)cc2)cc1. The zero-order valence-electron chi connectivity index (χ0n) is 20.6. The highest BCUT2D eigenvalue weighted by Gasteiger charge is 2.31. The maximum atomic E-state index is 12.8. The molecule has 1 N–H and O–H groups in total. The van der Waals surface area contributed by atoms with E-state index in [1.54, 1.807) is 17.3 Å². The summed E-state index contributed by atoms with van der Waals surface area (Å²) in [4.78, 5) is 18.5. The highest BCUT2D eigenvalue weighted by Crippen LogP contribution is 2.41. The van der Waals surface area contributed by atoms with Crippen LogP contribution in [-0.2, 0) is 17.9 Å². The van der Waals surface area contributed by atoms with Crippen LogP contribution in [0.1, 0.15) is 37.3 Å². The Labute approximate surface area is 211 Å². The highest BCUT2D eigenvalue weighted by atomic mass is 16.5. The van der Waals surface area contributed by atoms with Crippen LogP contribution in [0.4, 0.5) is 5.82 Å². The lowest BCUT2D eigenvalue weighted by atomic mass is 10.00. The van der Waals surface area contributed by atoms with Crippen molar-refractivity contribution in [2.24, 2.45) is 0 Å². The van der Waals surface area contributed by atoms with Gasteiger partial charge in [-0.2, -0.15) is 5.10 Å². The first-order chi connectivity index (χ1) is 17.5. The van der Waals surface area contributed by atoms with Crippen molar-refractivity contribution in [3.05, 3.63) is 84.2 Å². The second-order valence-corrected chi connectivity index (χ2v) is 9.23. The van der Waals surface area contributed by atoms with Gasteiger partial charge in [0.15, 0.2) is 0 Å². The van der Waals surface area contributed by atoms with Crippen molar-refractivity contribution >= 4 is 11.7 Å². The van der Waals surface area contributed by atoms with Gasteiger partial charge in [-0.1, -0.05) is 50.2 Å². The van der Waals surface area contributed by atoms with Gasteiger partial charge in [-0.05, 0) is 46.9 Å². The Bertz CT molecular complexity index is 1330. The summed E-state index contributed by atoms with van der Waals surface area (Å²) in [6.45, 7) is 5.47. The first kappa shape index (κ1) is 23.8. The van der Waals surface area contributed by atoms with E-state index in [0.29, 0.717) is 31.3 Å². The van der Waals surface area contributed by atoms with Gasteiger partial charge in [-0.25, -0.2) is 4.68 Å². The molecular weight excluding hydrogens is 452 g/mol. The van der Waals surface area contributed by atoms with Crippen LogP contribution in [0.2, 0.25) is 0 Å². The molecule has 1 amide bonds. The first-order valence-electron chi connectivity index (χ1n) is 12.3. The number of β-amino-alcohol motifs (C(OH)–C–C–N with tert-alkyl or cyclic N) is 1. The van der Waals surface area contributed by atoms with E-state index in [2.05, 4.69) is 43.1 Å². The van der Waals surface area contributed by atoms with Crippen molar-refractivity contribution in [2.75, 3.05) is 18.1 Å².